The molecule has 7 nitrogen and oxygen atoms in total. The number of nitrogens with two attached hydrogens (primary N) is 1. The van der Waals surface area contributed by atoms with E-state index >= 15 is 0 Å². The number of rotatable bonds is 4. The minimum Gasteiger partial charge on any atom is -0.497 e. The Balaban J connectivity index is 0.00000280. The maximum atomic E-state index is 12.9. The van der Waals surface area contributed by atoms with Crippen LogP contribution in [0.15, 0.2) is 18.2 Å². The Morgan fingerprint density at radius 1 is 0.964 bits per heavy atom. The van der Waals surface area contributed by atoms with Crippen molar-refractivity contribution in [3.8, 4) is 11.5 Å². The van der Waals surface area contributed by atoms with Gasteiger partial charge >= 0.3 is 0 Å². The van der Waals surface area contributed by atoms with Crippen LogP contribution in [0.1, 0.15) is 42.5 Å². The highest BCUT2D eigenvalue weighted by Gasteiger charge is 2.39. The largest absolute Gasteiger partial charge is 0.497 e. The number of halogens is 1. The fourth-order valence-electron chi connectivity index (χ4n) is 3.97. The Kier molecular flexibility index (Phi) is 7.55. The van der Waals surface area contributed by atoms with Gasteiger partial charge in [-0.2, -0.15) is 0 Å². The molecule has 1 aromatic carbocycles. The van der Waals surface area contributed by atoms with E-state index in [9.17, 15) is 9.59 Å². The molecule has 28 heavy (non-hydrogen) atoms. The van der Waals surface area contributed by atoms with Gasteiger partial charge < -0.3 is 25.0 Å². The lowest BCUT2D eigenvalue weighted by molar-refractivity contribution is -0.139. The van der Waals surface area contributed by atoms with Crippen LogP contribution in [-0.2, 0) is 4.79 Å². The van der Waals surface area contributed by atoms with E-state index in [4.69, 9.17) is 15.2 Å². The lowest BCUT2D eigenvalue weighted by atomic mass is 9.81. The second-order valence-electron chi connectivity index (χ2n) is 7.37. The fourth-order valence-corrected chi connectivity index (χ4v) is 3.97. The molecule has 0 bridgehead atoms. The van der Waals surface area contributed by atoms with Crippen molar-refractivity contribution < 1.29 is 19.1 Å². The van der Waals surface area contributed by atoms with E-state index in [0.717, 1.165) is 32.1 Å². The Bertz CT molecular complexity index is 699. The molecule has 1 saturated carbocycles. The summed E-state index contributed by atoms with van der Waals surface area (Å²) in [5, 5.41) is 0. The fraction of sp³-hybridized carbons (Fsp3) is 0.600. The van der Waals surface area contributed by atoms with Crippen molar-refractivity contribution >= 4 is 24.2 Å². The van der Waals surface area contributed by atoms with Crippen LogP contribution in [0.5, 0.6) is 11.5 Å². The number of amides is 2. The first-order chi connectivity index (χ1) is 13.0. The first-order valence-corrected chi connectivity index (χ1v) is 9.58. The summed E-state index contributed by atoms with van der Waals surface area (Å²) in [4.78, 5) is 29.3. The number of hydrogen-bond acceptors (Lipinski definition) is 5. The topological polar surface area (TPSA) is 85.1 Å². The molecular weight excluding hydrogens is 382 g/mol. The molecule has 0 aromatic heterocycles. The Morgan fingerprint density at radius 3 is 2.14 bits per heavy atom. The molecule has 8 heteroatoms. The molecule has 0 atom stereocenters. The highest BCUT2D eigenvalue weighted by atomic mass is 35.5. The van der Waals surface area contributed by atoms with Gasteiger partial charge in [-0.15, -0.1) is 12.4 Å². The third kappa shape index (κ3) is 4.52. The Labute approximate surface area is 172 Å². The number of ether oxygens (including phenoxy) is 2. The summed E-state index contributed by atoms with van der Waals surface area (Å²) in [5.74, 6) is 1.07. The summed E-state index contributed by atoms with van der Waals surface area (Å²) in [6, 6.07) is 5.17. The third-order valence-corrected chi connectivity index (χ3v) is 5.66. The molecular formula is C20H30ClN3O4. The quantitative estimate of drug-likeness (QED) is 0.819. The molecule has 0 spiro atoms. The number of carbonyl (C=O) groups is 2. The van der Waals surface area contributed by atoms with Gasteiger partial charge in [-0.1, -0.05) is 19.3 Å². The molecule has 1 aliphatic heterocycles. The summed E-state index contributed by atoms with van der Waals surface area (Å²) in [6.07, 6.45) is 4.69. The maximum Gasteiger partial charge on any atom is 0.257 e. The first-order valence-electron chi connectivity index (χ1n) is 9.58. The molecule has 1 aliphatic carbocycles. The van der Waals surface area contributed by atoms with Gasteiger partial charge in [-0.25, -0.2) is 0 Å². The zero-order chi connectivity index (χ0) is 19.4. The van der Waals surface area contributed by atoms with E-state index in [2.05, 4.69) is 0 Å². The van der Waals surface area contributed by atoms with Crippen molar-refractivity contribution in [2.24, 2.45) is 5.73 Å². The van der Waals surface area contributed by atoms with Crippen LogP contribution in [0.4, 0.5) is 0 Å². The molecule has 2 fully saturated rings. The molecule has 2 aliphatic rings. The lowest BCUT2D eigenvalue weighted by Crippen LogP contribution is -2.60. The number of methoxy groups -OCH3 is 2. The van der Waals surface area contributed by atoms with Crippen LogP contribution in [0.25, 0.3) is 0 Å². The molecule has 156 valence electrons. The molecule has 2 N–H and O–H groups in total. The van der Waals surface area contributed by atoms with E-state index in [1.807, 2.05) is 4.90 Å². The molecule has 0 unspecified atom stereocenters. The van der Waals surface area contributed by atoms with Crippen molar-refractivity contribution in [3.05, 3.63) is 23.8 Å². The predicted molar refractivity (Wildman–Crippen MR) is 109 cm³/mol. The summed E-state index contributed by atoms with van der Waals surface area (Å²) in [6.45, 7) is 2.02. The summed E-state index contributed by atoms with van der Waals surface area (Å²) < 4.78 is 10.5. The Hall–Kier alpha value is -1.99. The van der Waals surface area contributed by atoms with Gasteiger partial charge in [0.15, 0.2) is 0 Å². The van der Waals surface area contributed by atoms with Crippen molar-refractivity contribution in [3.63, 3.8) is 0 Å². The number of nitrogens with zero attached hydrogens (tertiary/aromatic N) is 2. The van der Waals surface area contributed by atoms with E-state index < -0.39 is 5.54 Å². The van der Waals surface area contributed by atoms with Crippen LogP contribution in [-0.4, -0.2) is 67.6 Å². The second-order valence-corrected chi connectivity index (χ2v) is 7.37. The van der Waals surface area contributed by atoms with E-state index in [1.165, 1.54) is 7.11 Å². The average molecular weight is 412 g/mol. The zero-order valence-electron chi connectivity index (χ0n) is 16.6. The van der Waals surface area contributed by atoms with Crippen molar-refractivity contribution in [2.75, 3.05) is 40.4 Å². The van der Waals surface area contributed by atoms with Gasteiger partial charge in [0.05, 0.1) is 25.3 Å². The highest BCUT2D eigenvalue weighted by molar-refractivity contribution is 5.97. The monoisotopic (exact) mass is 411 g/mol. The number of carbonyl (C=O) groups excluding carboxylic acids is 2. The number of benzene rings is 1. The normalized spacial score (nSPS) is 18.8. The molecule has 0 radical (unpaired) electrons. The van der Waals surface area contributed by atoms with Gasteiger partial charge in [0.25, 0.3) is 5.91 Å². The first kappa shape index (κ1) is 22.3. The third-order valence-electron chi connectivity index (χ3n) is 5.66. The van der Waals surface area contributed by atoms with Crippen LogP contribution >= 0.6 is 12.4 Å². The zero-order valence-corrected chi connectivity index (χ0v) is 17.4. The van der Waals surface area contributed by atoms with Crippen molar-refractivity contribution in [1.29, 1.82) is 0 Å². The molecule has 3 rings (SSSR count). The van der Waals surface area contributed by atoms with E-state index in [1.54, 1.807) is 30.2 Å². The average Bonchev–Trinajstić information content (AvgIpc) is 2.72. The molecule has 1 heterocycles. The SMILES string of the molecule is COc1ccc(C(=O)N2CCN(C(=O)C3(N)CCCCC3)CC2)c(OC)c1.Cl. The minimum atomic E-state index is -0.719. The van der Waals surface area contributed by atoms with Gasteiger partial charge in [0.1, 0.15) is 11.5 Å². The van der Waals surface area contributed by atoms with Crippen molar-refractivity contribution in [1.82, 2.24) is 9.80 Å². The van der Waals surface area contributed by atoms with E-state index in [0.29, 0.717) is 43.2 Å². The van der Waals surface area contributed by atoms with Crippen LogP contribution in [0.3, 0.4) is 0 Å². The molecule has 1 aromatic rings. The van der Waals surface area contributed by atoms with Crippen LogP contribution in [0.2, 0.25) is 0 Å². The van der Waals surface area contributed by atoms with Crippen LogP contribution in [0, 0.1) is 0 Å². The smallest absolute Gasteiger partial charge is 0.257 e. The van der Waals surface area contributed by atoms with Gasteiger partial charge in [-0.05, 0) is 25.0 Å². The summed E-state index contributed by atoms with van der Waals surface area (Å²) >= 11 is 0. The lowest BCUT2D eigenvalue weighted by Gasteiger charge is -2.41. The van der Waals surface area contributed by atoms with Crippen LogP contribution < -0.4 is 15.2 Å². The standard InChI is InChI=1S/C20H29N3O4.ClH/c1-26-15-6-7-16(17(14-15)27-2)18(24)22-10-12-23(13-11-22)19(25)20(21)8-4-3-5-9-20;/h6-7,14H,3-5,8-13,21H2,1-2H3;1H. The summed E-state index contributed by atoms with van der Waals surface area (Å²) in [5.41, 5.74) is 6.17. The molecule has 1 saturated heterocycles. The highest BCUT2D eigenvalue weighted by Crippen LogP contribution is 2.29. The number of piperazine rings is 1. The van der Waals surface area contributed by atoms with Gasteiger partial charge in [0, 0.05) is 32.2 Å². The van der Waals surface area contributed by atoms with Gasteiger partial charge in [-0.3, -0.25) is 9.59 Å². The van der Waals surface area contributed by atoms with Crippen molar-refractivity contribution in [2.45, 2.75) is 37.6 Å². The maximum absolute atomic E-state index is 12.9. The minimum absolute atomic E-state index is 0. The second kappa shape index (κ2) is 9.47. The van der Waals surface area contributed by atoms with Gasteiger partial charge in [0.2, 0.25) is 5.91 Å². The predicted octanol–water partition coefficient (Wildman–Crippen LogP) is 2.07. The Morgan fingerprint density at radius 2 is 1.57 bits per heavy atom. The van der Waals surface area contributed by atoms with E-state index in [-0.39, 0.29) is 24.2 Å². The number of hydrogen-bond donors (Lipinski definition) is 1. The molecule has 2 amide bonds. The summed E-state index contributed by atoms with van der Waals surface area (Å²) in [7, 11) is 3.11.